The summed E-state index contributed by atoms with van der Waals surface area (Å²) in [5.74, 6) is -1.45. The fourth-order valence-corrected chi connectivity index (χ4v) is 1.97. The number of carbonyl (C=O) groups is 1. The van der Waals surface area contributed by atoms with Crippen LogP contribution in [0.2, 0.25) is 0 Å². The first-order valence-corrected chi connectivity index (χ1v) is 6.15. The summed E-state index contributed by atoms with van der Waals surface area (Å²) in [6.45, 7) is 1.64. The zero-order valence-corrected chi connectivity index (χ0v) is 10.7. The summed E-state index contributed by atoms with van der Waals surface area (Å²) >= 11 is 0. The van der Waals surface area contributed by atoms with Crippen LogP contribution in [0.4, 0.5) is 0 Å². The highest BCUT2D eigenvalue weighted by Crippen LogP contribution is 2.25. The van der Waals surface area contributed by atoms with Crippen LogP contribution >= 0.6 is 0 Å². The maximum absolute atomic E-state index is 11.0. The summed E-state index contributed by atoms with van der Waals surface area (Å²) in [6.07, 6.45) is -0.734. The van der Waals surface area contributed by atoms with Crippen molar-refractivity contribution in [2.75, 3.05) is 0 Å². The minimum absolute atomic E-state index is 0.581. The van der Waals surface area contributed by atoms with Crippen molar-refractivity contribution in [3.63, 3.8) is 0 Å². The van der Waals surface area contributed by atoms with Gasteiger partial charge in [-0.15, -0.1) is 0 Å². The lowest BCUT2D eigenvalue weighted by Gasteiger charge is -2.14. The van der Waals surface area contributed by atoms with Crippen molar-refractivity contribution in [3.05, 3.63) is 71.3 Å². The minimum atomic E-state index is -0.869. The molecule has 0 aromatic heterocycles. The van der Waals surface area contributed by atoms with Gasteiger partial charge in [-0.05, 0) is 23.6 Å². The molecule has 3 nitrogen and oxygen atoms in total. The van der Waals surface area contributed by atoms with Gasteiger partial charge in [-0.1, -0.05) is 54.6 Å². The first-order valence-electron chi connectivity index (χ1n) is 6.15. The van der Waals surface area contributed by atoms with Gasteiger partial charge in [0.25, 0.3) is 0 Å². The molecule has 0 heterocycles. The van der Waals surface area contributed by atoms with Crippen LogP contribution in [0.15, 0.2) is 54.6 Å². The molecule has 0 aliphatic carbocycles. The maximum atomic E-state index is 11.0. The van der Waals surface area contributed by atoms with Crippen LogP contribution < -0.4 is 0 Å². The van der Waals surface area contributed by atoms with E-state index in [1.165, 1.54) is 0 Å². The molecule has 2 rings (SSSR count). The van der Waals surface area contributed by atoms with E-state index in [2.05, 4.69) is 0 Å². The van der Waals surface area contributed by atoms with Crippen LogP contribution in [0.3, 0.4) is 0 Å². The van der Waals surface area contributed by atoms with Gasteiger partial charge in [0.05, 0.1) is 5.92 Å². The highest BCUT2D eigenvalue weighted by Gasteiger charge is 2.16. The molecule has 2 N–H and O–H groups in total. The van der Waals surface area contributed by atoms with E-state index in [9.17, 15) is 9.90 Å². The fourth-order valence-electron chi connectivity index (χ4n) is 1.97. The van der Waals surface area contributed by atoms with Gasteiger partial charge in [0.2, 0.25) is 0 Å². The standard InChI is InChI=1S/C16H16O3/c1-11(16(18)19)13-8-5-9-14(10-13)15(17)12-6-3-2-4-7-12/h2-11,15,17H,1H3,(H,18,19)/t11-,15-/m1/s1. The number of benzene rings is 2. The summed E-state index contributed by atoms with van der Waals surface area (Å²) in [7, 11) is 0. The van der Waals surface area contributed by atoms with Crippen LogP contribution in [0.5, 0.6) is 0 Å². The van der Waals surface area contributed by atoms with E-state index in [-0.39, 0.29) is 0 Å². The highest BCUT2D eigenvalue weighted by molar-refractivity contribution is 5.75. The number of hydrogen-bond acceptors (Lipinski definition) is 2. The number of aliphatic hydroxyl groups is 1. The molecular formula is C16H16O3. The molecular weight excluding hydrogens is 240 g/mol. The Hall–Kier alpha value is -2.13. The predicted molar refractivity (Wildman–Crippen MR) is 73.0 cm³/mol. The molecule has 0 spiro atoms. The van der Waals surface area contributed by atoms with Crippen molar-refractivity contribution in [3.8, 4) is 0 Å². The summed E-state index contributed by atoms with van der Waals surface area (Å²) in [4.78, 5) is 11.0. The summed E-state index contributed by atoms with van der Waals surface area (Å²) < 4.78 is 0. The lowest BCUT2D eigenvalue weighted by molar-refractivity contribution is -0.138. The topological polar surface area (TPSA) is 57.5 Å². The van der Waals surface area contributed by atoms with Crippen molar-refractivity contribution in [2.45, 2.75) is 18.9 Å². The molecule has 0 saturated heterocycles. The second-order valence-electron chi connectivity index (χ2n) is 4.54. The Morgan fingerprint density at radius 2 is 1.53 bits per heavy atom. The SMILES string of the molecule is C[C@@H](C(=O)O)c1cccc([C@H](O)c2ccccc2)c1. The second-order valence-corrected chi connectivity index (χ2v) is 4.54. The Morgan fingerprint density at radius 1 is 0.947 bits per heavy atom. The molecule has 3 heteroatoms. The number of aliphatic hydroxyl groups excluding tert-OH is 1. The molecule has 19 heavy (non-hydrogen) atoms. The quantitative estimate of drug-likeness (QED) is 0.884. The van der Waals surface area contributed by atoms with E-state index in [1.807, 2.05) is 30.3 Å². The monoisotopic (exact) mass is 256 g/mol. The Kier molecular flexibility index (Phi) is 3.97. The first kappa shape index (κ1) is 13.3. The number of aliphatic carboxylic acids is 1. The third-order valence-electron chi connectivity index (χ3n) is 3.21. The fraction of sp³-hybridized carbons (Fsp3) is 0.188. The molecule has 0 radical (unpaired) electrons. The zero-order chi connectivity index (χ0) is 13.8. The van der Waals surface area contributed by atoms with Gasteiger partial charge in [-0.25, -0.2) is 0 Å². The summed E-state index contributed by atoms with van der Waals surface area (Å²) in [5.41, 5.74) is 2.19. The molecule has 2 aromatic carbocycles. The molecule has 0 fully saturated rings. The van der Waals surface area contributed by atoms with Crippen LogP contribution in [0, 0.1) is 0 Å². The van der Waals surface area contributed by atoms with Crippen molar-refractivity contribution in [1.82, 2.24) is 0 Å². The second kappa shape index (κ2) is 5.67. The molecule has 0 saturated carbocycles. The molecule has 0 aliphatic rings. The van der Waals surface area contributed by atoms with Crippen molar-refractivity contribution in [2.24, 2.45) is 0 Å². The Balaban J connectivity index is 2.31. The molecule has 0 bridgehead atoms. The van der Waals surface area contributed by atoms with Crippen LogP contribution in [-0.2, 0) is 4.79 Å². The van der Waals surface area contributed by atoms with Crippen LogP contribution in [0.25, 0.3) is 0 Å². The maximum Gasteiger partial charge on any atom is 0.310 e. The van der Waals surface area contributed by atoms with Crippen LogP contribution in [-0.4, -0.2) is 16.2 Å². The highest BCUT2D eigenvalue weighted by atomic mass is 16.4. The Morgan fingerprint density at radius 3 is 2.16 bits per heavy atom. The van der Waals surface area contributed by atoms with Gasteiger partial charge in [0.15, 0.2) is 0 Å². The van der Waals surface area contributed by atoms with E-state index < -0.39 is 18.0 Å². The first-order chi connectivity index (χ1) is 9.09. The van der Waals surface area contributed by atoms with E-state index in [0.717, 1.165) is 5.56 Å². The zero-order valence-electron chi connectivity index (χ0n) is 10.7. The smallest absolute Gasteiger partial charge is 0.310 e. The van der Waals surface area contributed by atoms with Crippen LogP contribution in [0.1, 0.15) is 35.6 Å². The average Bonchev–Trinajstić information content (AvgIpc) is 2.46. The van der Waals surface area contributed by atoms with E-state index in [0.29, 0.717) is 11.1 Å². The summed E-state index contributed by atoms with van der Waals surface area (Å²) in [5, 5.41) is 19.3. The van der Waals surface area contributed by atoms with Gasteiger partial charge < -0.3 is 10.2 Å². The molecule has 0 amide bonds. The predicted octanol–water partition coefficient (Wildman–Crippen LogP) is 2.96. The Bertz CT molecular complexity index is 563. The van der Waals surface area contributed by atoms with Gasteiger partial charge >= 0.3 is 5.97 Å². The molecule has 2 aromatic rings. The lowest BCUT2D eigenvalue weighted by atomic mass is 9.95. The van der Waals surface area contributed by atoms with E-state index >= 15 is 0 Å². The molecule has 2 atom stereocenters. The van der Waals surface area contributed by atoms with Gasteiger partial charge in [0, 0.05) is 0 Å². The third kappa shape index (κ3) is 3.01. The average molecular weight is 256 g/mol. The molecule has 0 unspecified atom stereocenters. The number of rotatable bonds is 4. The van der Waals surface area contributed by atoms with Gasteiger partial charge in [-0.3, -0.25) is 4.79 Å². The number of carboxylic acid groups (broad SMARTS) is 1. The van der Waals surface area contributed by atoms with Crippen molar-refractivity contribution in [1.29, 1.82) is 0 Å². The largest absolute Gasteiger partial charge is 0.481 e. The Labute approximate surface area is 112 Å². The van der Waals surface area contributed by atoms with Crippen molar-refractivity contribution >= 4 is 5.97 Å². The molecule has 98 valence electrons. The lowest BCUT2D eigenvalue weighted by Crippen LogP contribution is -2.08. The summed E-state index contributed by atoms with van der Waals surface area (Å²) in [6, 6.07) is 16.4. The minimum Gasteiger partial charge on any atom is -0.481 e. The third-order valence-corrected chi connectivity index (χ3v) is 3.21. The molecule has 0 aliphatic heterocycles. The van der Waals surface area contributed by atoms with Gasteiger partial charge in [0.1, 0.15) is 6.10 Å². The number of carboxylic acids is 1. The van der Waals surface area contributed by atoms with E-state index in [1.54, 1.807) is 31.2 Å². The van der Waals surface area contributed by atoms with E-state index in [4.69, 9.17) is 5.11 Å². The number of hydrogen-bond donors (Lipinski definition) is 2. The van der Waals surface area contributed by atoms with Crippen molar-refractivity contribution < 1.29 is 15.0 Å². The normalized spacial score (nSPS) is 13.8. The van der Waals surface area contributed by atoms with Gasteiger partial charge in [-0.2, -0.15) is 0 Å².